The lowest BCUT2D eigenvalue weighted by molar-refractivity contribution is -0.145. The number of carbonyl (C=O) groups excluding carboxylic acids is 2. The topological polar surface area (TPSA) is 73.2 Å². The van der Waals surface area contributed by atoms with Gasteiger partial charge in [-0.25, -0.2) is 4.98 Å². The highest BCUT2D eigenvalue weighted by molar-refractivity contribution is 7.99. The smallest absolute Gasteiger partial charge is 0.325 e. The number of aromatic nitrogens is 2. The molecule has 0 saturated carbocycles. The van der Waals surface area contributed by atoms with Crippen molar-refractivity contribution in [2.45, 2.75) is 18.7 Å². The van der Waals surface area contributed by atoms with Gasteiger partial charge in [0.2, 0.25) is 5.91 Å². The number of esters is 1. The summed E-state index contributed by atoms with van der Waals surface area (Å²) in [5, 5.41) is 3.30. The highest BCUT2D eigenvalue weighted by Crippen LogP contribution is 2.22. The maximum absolute atomic E-state index is 12.1. The summed E-state index contributed by atoms with van der Waals surface area (Å²) >= 11 is 1.31. The third-order valence-electron chi connectivity index (χ3n) is 3.99. The number of nitrogens with one attached hydrogen (secondary N) is 1. The molecule has 0 unspecified atom stereocenters. The minimum absolute atomic E-state index is 0.154. The van der Waals surface area contributed by atoms with Crippen LogP contribution in [0.15, 0.2) is 72.1 Å². The molecule has 0 saturated heterocycles. The van der Waals surface area contributed by atoms with E-state index in [1.807, 2.05) is 72.3 Å². The van der Waals surface area contributed by atoms with Crippen LogP contribution in [0, 0.1) is 6.92 Å². The molecule has 0 bridgehead atoms. The Morgan fingerprint density at radius 3 is 2.64 bits per heavy atom. The molecule has 0 aliphatic heterocycles. The number of ether oxygens (including phenoxy) is 1. The van der Waals surface area contributed by atoms with E-state index in [0.717, 1.165) is 22.0 Å². The van der Waals surface area contributed by atoms with E-state index in [1.165, 1.54) is 11.8 Å². The van der Waals surface area contributed by atoms with Crippen molar-refractivity contribution in [2.75, 3.05) is 12.3 Å². The minimum Gasteiger partial charge on any atom is -0.460 e. The zero-order chi connectivity index (χ0) is 19.8. The maximum Gasteiger partial charge on any atom is 0.325 e. The van der Waals surface area contributed by atoms with Gasteiger partial charge >= 0.3 is 5.97 Å². The van der Waals surface area contributed by atoms with Crippen molar-refractivity contribution in [3.05, 3.63) is 78.1 Å². The molecule has 144 valence electrons. The second-order valence-electron chi connectivity index (χ2n) is 6.08. The average Bonchev–Trinajstić information content (AvgIpc) is 3.18. The monoisotopic (exact) mass is 395 g/mol. The van der Waals surface area contributed by atoms with Gasteiger partial charge in [0.25, 0.3) is 0 Å². The molecule has 6 nitrogen and oxygen atoms in total. The van der Waals surface area contributed by atoms with Gasteiger partial charge in [0.05, 0.1) is 11.4 Å². The molecule has 1 N–H and O–H groups in total. The Kier molecular flexibility index (Phi) is 6.86. The van der Waals surface area contributed by atoms with E-state index in [9.17, 15) is 9.59 Å². The van der Waals surface area contributed by atoms with Crippen LogP contribution in [0.25, 0.3) is 5.69 Å². The van der Waals surface area contributed by atoms with E-state index in [4.69, 9.17) is 4.74 Å². The Morgan fingerprint density at radius 1 is 1.11 bits per heavy atom. The van der Waals surface area contributed by atoms with E-state index in [-0.39, 0.29) is 24.8 Å². The van der Waals surface area contributed by atoms with Gasteiger partial charge in [0, 0.05) is 12.4 Å². The molecule has 0 aliphatic rings. The first-order valence-corrected chi connectivity index (χ1v) is 9.80. The number of carbonyl (C=O) groups is 2. The molecule has 0 fully saturated rings. The van der Waals surface area contributed by atoms with Gasteiger partial charge in [0.15, 0.2) is 5.16 Å². The van der Waals surface area contributed by atoms with Crippen molar-refractivity contribution in [3.63, 3.8) is 0 Å². The summed E-state index contributed by atoms with van der Waals surface area (Å²) in [5.74, 6) is -0.556. The molecule has 1 amide bonds. The van der Waals surface area contributed by atoms with Crippen LogP contribution in [0.3, 0.4) is 0 Å². The number of para-hydroxylation sites is 1. The molecular weight excluding hydrogens is 374 g/mol. The lowest BCUT2D eigenvalue weighted by Crippen LogP contribution is -2.31. The van der Waals surface area contributed by atoms with E-state index < -0.39 is 5.97 Å². The summed E-state index contributed by atoms with van der Waals surface area (Å²) in [6, 6.07) is 17.4. The van der Waals surface area contributed by atoms with Crippen molar-refractivity contribution < 1.29 is 14.3 Å². The van der Waals surface area contributed by atoms with E-state index in [1.54, 1.807) is 6.20 Å². The lowest BCUT2D eigenvalue weighted by Gasteiger charge is -2.10. The zero-order valence-electron chi connectivity index (χ0n) is 15.5. The Bertz CT molecular complexity index is 941. The molecule has 1 heterocycles. The highest BCUT2D eigenvalue weighted by Gasteiger charge is 2.11. The number of amides is 1. The van der Waals surface area contributed by atoms with Crippen LogP contribution in [0.5, 0.6) is 0 Å². The van der Waals surface area contributed by atoms with Crippen LogP contribution in [-0.2, 0) is 20.9 Å². The number of rotatable bonds is 8. The second-order valence-corrected chi connectivity index (χ2v) is 7.02. The normalized spacial score (nSPS) is 10.5. The molecule has 0 radical (unpaired) electrons. The third kappa shape index (κ3) is 5.47. The number of hydrogen-bond donors (Lipinski definition) is 1. The summed E-state index contributed by atoms with van der Waals surface area (Å²) in [6.45, 7) is 2.06. The maximum atomic E-state index is 12.1. The van der Waals surface area contributed by atoms with E-state index in [0.29, 0.717) is 0 Å². The Balaban J connectivity index is 1.45. The molecule has 3 rings (SSSR count). The summed E-state index contributed by atoms with van der Waals surface area (Å²) in [4.78, 5) is 28.1. The number of hydrogen-bond acceptors (Lipinski definition) is 5. The third-order valence-corrected chi connectivity index (χ3v) is 4.95. The predicted molar refractivity (Wildman–Crippen MR) is 108 cm³/mol. The minimum atomic E-state index is -0.469. The number of imidazole rings is 1. The molecule has 0 aliphatic carbocycles. The predicted octanol–water partition coefficient (Wildman–Crippen LogP) is 3.13. The van der Waals surface area contributed by atoms with Gasteiger partial charge in [-0.05, 0) is 24.1 Å². The zero-order valence-corrected chi connectivity index (χ0v) is 16.3. The van der Waals surface area contributed by atoms with Crippen molar-refractivity contribution in [1.82, 2.24) is 14.9 Å². The van der Waals surface area contributed by atoms with Crippen LogP contribution in [0.4, 0.5) is 0 Å². The molecule has 0 atom stereocenters. The van der Waals surface area contributed by atoms with Crippen molar-refractivity contribution in [3.8, 4) is 5.69 Å². The van der Waals surface area contributed by atoms with Gasteiger partial charge in [-0.3, -0.25) is 14.2 Å². The van der Waals surface area contributed by atoms with Gasteiger partial charge in [-0.2, -0.15) is 0 Å². The Labute approximate surface area is 167 Å². The number of aryl methyl sites for hydroxylation is 1. The van der Waals surface area contributed by atoms with Gasteiger partial charge in [-0.1, -0.05) is 60.3 Å². The summed E-state index contributed by atoms with van der Waals surface area (Å²) in [5.41, 5.74) is 3.04. The summed E-state index contributed by atoms with van der Waals surface area (Å²) < 4.78 is 7.09. The van der Waals surface area contributed by atoms with Crippen molar-refractivity contribution >= 4 is 23.6 Å². The average molecular weight is 395 g/mol. The van der Waals surface area contributed by atoms with Crippen LogP contribution in [0.1, 0.15) is 11.1 Å². The second kappa shape index (κ2) is 9.75. The molecule has 7 heteroatoms. The van der Waals surface area contributed by atoms with Crippen molar-refractivity contribution in [1.29, 1.82) is 0 Å². The fourth-order valence-corrected chi connectivity index (χ4v) is 3.35. The molecule has 3 aromatic rings. The first-order valence-electron chi connectivity index (χ1n) is 8.82. The molecular formula is C21H21N3O3S. The number of thioether (sulfide) groups is 1. The highest BCUT2D eigenvalue weighted by atomic mass is 32.2. The SMILES string of the molecule is Cc1ccccc1-n1ccnc1SCC(=O)NCC(=O)OCc1ccccc1. The van der Waals surface area contributed by atoms with Gasteiger partial charge < -0.3 is 10.1 Å². The van der Waals surface area contributed by atoms with Crippen LogP contribution >= 0.6 is 11.8 Å². The van der Waals surface area contributed by atoms with E-state index >= 15 is 0 Å². The Hall–Kier alpha value is -3.06. The largest absolute Gasteiger partial charge is 0.460 e. The van der Waals surface area contributed by atoms with Crippen LogP contribution < -0.4 is 5.32 Å². The first-order chi connectivity index (χ1) is 13.6. The van der Waals surface area contributed by atoms with Gasteiger partial charge in [0.1, 0.15) is 13.2 Å². The van der Waals surface area contributed by atoms with E-state index in [2.05, 4.69) is 10.3 Å². The quantitative estimate of drug-likeness (QED) is 0.469. The van der Waals surface area contributed by atoms with Gasteiger partial charge in [-0.15, -0.1) is 0 Å². The summed E-state index contributed by atoms with van der Waals surface area (Å²) in [6.07, 6.45) is 3.57. The summed E-state index contributed by atoms with van der Waals surface area (Å²) in [7, 11) is 0. The number of benzene rings is 2. The molecule has 0 spiro atoms. The first kappa shape index (κ1) is 19.7. The van der Waals surface area contributed by atoms with Crippen molar-refractivity contribution in [2.24, 2.45) is 0 Å². The fourth-order valence-electron chi connectivity index (χ4n) is 2.55. The standard InChI is InChI=1S/C21H21N3O3S/c1-16-7-5-6-10-18(16)24-12-11-22-21(24)28-15-19(25)23-13-20(26)27-14-17-8-3-2-4-9-17/h2-12H,13-15H2,1H3,(H,23,25). The molecule has 2 aromatic carbocycles. The number of nitrogens with zero attached hydrogens (tertiary/aromatic N) is 2. The molecule has 28 heavy (non-hydrogen) atoms. The van der Waals surface area contributed by atoms with Crippen LogP contribution in [0.2, 0.25) is 0 Å². The fraction of sp³-hybridized carbons (Fsp3) is 0.190. The van der Waals surface area contributed by atoms with Crippen LogP contribution in [-0.4, -0.2) is 33.7 Å². The Morgan fingerprint density at radius 2 is 1.86 bits per heavy atom. The molecule has 1 aromatic heterocycles. The lowest BCUT2D eigenvalue weighted by atomic mass is 10.2.